The predicted octanol–water partition coefficient (Wildman–Crippen LogP) is 4.80. The Morgan fingerprint density at radius 1 is 1.00 bits per heavy atom. The van der Waals surface area contributed by atoms with Crippen molar-refractivity contribution in [2.24, 2.45) is 0 Å². The van der Waals surface area contributed by atoms with Crippen molar-refractivity contribution in [1.82, 2.24) is 0 Å². The van der Waals surface area contributed by atoms with Crippen molar-refractivity contribution in [3.63, 3.8) is 0 Å². The van der Waals surface area contributed by atoms with Gasteiger partial charge < -0.3 is 0 Å². The molecule has 3 aromatic rings. The number of non-ortho nitro benzene ring substituents is 1. The summed E-state index contributed by atoms with van der Waals surface area (Å²) in [6.07, 6.45) is 0. The first kappa shape index (κ1) is 13.2. The topological polar surface area (TPSA) is 43.1 Å². The number of fused-ring (bicyclic) bond motifs is 1. The Balaban J connectivity index is 0.000000186. The van der Waals surface area contributed by atoms with E-state index in [0.29, 0.717) is 5.39 Å². The third kappa shape index (κ3) is 3.39. The van der Waals surface area contributed by atoms with E-state index in [9.17, 15) is 10.1 Å². The second-order valence-corrected chi connectivity index (χ2v) is 5.13. The molecule has 3 rings (SSSR count). The standard InChI is InChI=1S/C10H7NO2.C5H6S/c12-11(13)10-7-3-5-8-4-1-2-6-9(8)10;1-5-3-2-4-6-5/h1-7H;2-4H,1H3. The van der Waals surface area contributed by atoms with E-state index >= 15 is 0 Å². The van der Waals surface area contributed by atoms with Gasteiger partial charge in [0.15, 0.2) is 0 Å². The summed E-state index contributed by atoms with van der Waals surface area (Å²) < 4.78 is 0. The van der Waals surface area contributed by atoms with Gasteiger partial charge in [0.05, 0.1) is 10.3 Å². The largest absolute Gasteiger partial charge is 0.277 e. The summed E-state index contributed by atoms with van der Waals surface area (Å²) in [6.45, 7) is 2.10. The van der Waals surface area contributed by atoms with Crippen molar-refractivity contribution < 1.29 is 4.92 Å². The summed E-state index contributed by atoms with van der Waals surface area (Å²) in [5, 5.41) is 14.3. The molecule has 0 amide bonds. The van der Waals surface area contributed by atoms with Crippen LogP contribution in [0, 0.1) is 17.0 Å². The molecule has 1 aromatic heterocycles. The van der Waals surface area contributed by atoms with Crippen LogP contribution >= 0.6 is 11.3 Å². The first-order valence-corrected chi connectivity index (χ1v) is 6.68. The van der Waals surface area contributed by atoms with Crippen LogP contribution in [0.15, 0.2) is 60.0 Å². The second-order valence-electron chi connectivity index (χ2n) is 3.98. The fourth-order valence-corrected chi connectivity index (χ4v) is 2.26. The van der Waals surface area contributed by atoms with Gasteiger partial charge in [0.25, 0.3) is 5.69 Å². The molecule has 19 heavy (non-hydrogen) atoms. The number of nitro groups is 1. The van der Waals surface area contributed by atoms with E-state index < -0.39 is 0 Å². The minimum Gasteiger partial charge on any atom is -0.258 e. The van der Waals surface area contributed by atoms with Crippen molar-refractivity contribution in [1.29, 1.82) is 0 Å². The molecule has 0 aliphatic heterocycles. The summed E-state index contributed by atoms with van der Waals surface area (Å²) in [7, 11) is 0. The van der Waals surface area contributed by atoms with Crippen LogP contribution in [0.4, 0.5) is 5.69 Å². The molecule has 96 valence electrons. The Morgan fingerprint density at radius 3 is 2.32 bits per heavy atom. The number of thiophene rings is 1. The molecule has 0 saturated carbocycles. The van der Waals surface area contributed by atoms with E-state index in [4.69, 9.17) is 0 Å². The summed E-state index contributed by atoms with van der Waals surface area (Å²) in [4.78, 5) is 11.6. The SMILES string of the molecule is Cc1cccs1.O=[N+]([O-])c1cccc2ccccc12. The summed E-state index contributed by atoms with van der Waals surface area (Å²) in [5.41, 5.74) is 0.165. The molecule has 0 radical (unpaired) electrons. The minimum atomic E-state index is -0.359. The van der Waals surface area contributed by atoms with Gasteiger partial charge in [-0.1, -0.05) is 36.4 Å². The van der Waals surface area contributed by atoms with E-state index in [1.165, 1.54) is 10.9 Å². The van der Waals surface area contributed by atoms with E-state index in [-0.39, 0.29) is 10.6 Å². The number of nitro benzene ring substituents is 1. The molecule has 0 saturated heterocycles. The summed E-state index contributed by atoms with van der Waals surface area (Å²) >= 11 is 1.78. The molecule has 2 aromatic carbocycles. The molecule has 1 heterocycles. The molecule has 0 aliphatic carbocycles. The lowest BCUT2D eigenvalue weighted by molar-refractivity contribution is -0.383. The first-order chi connectivity index (χ1) is 9.18. The van der Waals surface area contributed by atoms with Crippen LogP contribution < -0.4 is 0 Å². The maximum atomic E-state index is 10.6. The molecule has 0 aliphatic rings. The lowest BCUT2D eigenvalue weighted by atomic mass is 10.1. The number of rotatable bonds is 1. The van der Waals surface area contributed by atoms with Gasteiger partial charge in [-0.25, -0.2) is 0 Å². The molecular formula is C15H13NO2S. The summed E-state index contributed by atoms with van der Waals surface area (Å²) in [6, 6.07) is 16.5. The Labute approximate surface area is 115 Å². The highest BCUT2D eigenvalue weighted by molar-refractivity contribution is 7.09. The Hall–Kier alpha value is -2.20. The van der Waals surface area contributed by atoms with Crippen LogP contribution in [0.1, 0.15) is 4.88 Å². The lowest BCUT2D eigenvalue weighted by Gasteiger charge is -1.97. The molecule has 0 unspecified atom stereocenters. The molecule has 0 atom stereocenters. The van der Waals surface area contributed by atoms with Crippen LogP contribution in [0.5, 0.6) is 0 Å². The maximum Gasteiger partial charge on any atom is 0.277 e. The van der Waals surface area contributed by atoms with Crippen molar-refractivity contribution in [3.05, 3.63) is 75.0 Å². The van der Waals surface area contributed by atoms with Crippen LogP contribution in [-0.2, 0) is 0 Å². The minimum absolute atomic E-state index is 0.165. The first-order valence-electron chi connectivity index (χ1n) is 5.81. The highest BCUT2D eigenvalue weighted by Crippen LogP contribution is 2.24. The van der Waals surface area contributed by atoms with Crippen molar-refractivity contribution >= 4 is 27.8 Å². The zero-order valence-corrected chi connectivity index (χ0v) is 11.3. The fraction of sp³-hybridized carbons (Fsp3) is 0.0667. The van der Waals surface area contributed by atoms with Gasteiger partial charge >= 0.3 is 0 Å². The van der Waals surface area contributed by atoms with E-state index in [1.54, 1.807) is 29.5 Å². The number of nitrogens with zero attached hydrogens (tertiary/aromatic N) is 1. The van der Waals surface area contributed by atoms with Gasteiger partial charge in [0, 0.05) is 10.9 Å². The second kappa shape index (κ2) is 6.11. The third-order valence-electron chi connectivity index (χ3n) is 2.63. The average molecular weight is 271 g/mol. The van der Waals surface area contributed by atoms with Gasteiger partial charge in [-0.15, -0.1) is 11.3 Å². The van der Waals surface area contributed by atoms with Crippen molar-refractivity contribution in [3.8, 4) is 0 Å². The maximum absolute atomic E-state index is 10.6. The molecule has 0 fully saturated rings. The molecule has 4 heteroatoms. The number of hydrogen-bond acceptors (Lipinski definition) is 3. The molecule has 0 N–H and O–H groups in total. The third-order valence-corrected chi connectivity index (χ3v) is 3.43. The zero-order chi connectivity index (χ0) is 13.7. The van der Waals surface area contributed by atoms with Gasteiger partial charge in [0.1, 0.15) is 0 Å². The number of benzene rings is 2. The fourth-order valence-electron chi connectivity index (χ4n) is 1.73. The zero-order valence-electron chi connectivity index (χ0n) is 10.4. The van der Waals surface area contributed by atoms with Crippen LogP contribution in [0.3, 0.4) is 0 Å². The molecule has 0 bridgehead atoms. The normalized spacial score (nSPS) is 9.74. The highest BCUT2D eigenvalue weighted by atomic mass is 32.1. The average Bonchev–Trinajstić information content (AvgIpc) is 2.90. The van der Waals surface area contributed by atoms with Crippen LogP contribution in [-0.4, -0.2) is 4.92 Å². The lowest BCUT2D eigenvalue weighted by Crippen LogP contribution is -1.88. The van der Waals surface area contributed by atoms with E-state index in [1.807, 2.05) is 18.2 Å². The highest BCUT2D eigenvalue weighted by Gasteiger charge is 2.08. The molecule has 3 nitrogen and oxygen atoms in total. The van der Waals surface area contributed by atoms with Gasteiger partial charge in [-0.2, -0.15) is 0 Å². The predicted molar refractivity (Wildman–Crippen MR) is 79.7 cm³/mol. The van der Waals surface area contributed by atoms with Crippen molar-refractivity contribution in [2.45, 2.75) is 6.92 Å². The van der Waals surface area contributed by atoms with Crippen LogP contribution in [0.2, 0.25) is 0 Å². The van der Waals surface area contributed by atoms with E-state index in [2.05, 4.69) is 24.4 Å². The smallest absolute Gasteiger partial charge is 0.258 e. The molecular weight excluding hydrogens is 258 g/mol. The van der Waals surface area contributed by atoms with Gasteiger partial charge in [0.2, 0.25) is 0 Å². The quantitative estimate of drug-likeness (QED) is 0.471. The Bertz CT molecular complexity index is 672. The monoisotopic (exact) mass is 271 g/mol. The number of hydrogen-bond donors (Lipinski definition) is 0. The summed E-state index contributed by atoms with van der Waals surface area (Å²) in [5.74, 6) is 0. The van der Waals surface area contributed by atoms with Crippen molar-refractivity contribution in [2.75, 3.05) is 0 Å². The van der Waals surface area contributed by atoms with Gasteiger partial charge in [-0.3, -0.25) is 10.1 Å². The van der Waals surface area contributed by atoms with Gasteiger partial charge in [-0.05, 0) is 29.8 Å². The molecule has 0 spiro atoms. The van der Waals surface area contributed by atoms with Crippen LogP contribution in [0.25, 0.3) is 10.8 Å². The number of aryl methyl sites for hydroxylation is 1. The Kier molecular flexibility index (Phi) is 4.26. The van der Waals surface area contributed by atoms with E-state index in [0.717, 1.165) is 5.39 Å². The Morgan fingerprint density at radius 2 is 1.74 bits per heavy atom.